The highest BCUT2D eigenvalue weighted by atomic mass is 16.5. The fraction of sp³-hybridized carbons (Fsp3) is 0.294. The van der Waals surface area contributed by atoms with Gasteiger partial charge in [-0.1, -0.05) is 29.8 Å². The first-order valence-electron chi connectivity index (χ1n) is 6.58. The summed E-state index contributed by atoms with van der Waals surface area (Å²) in [6.45, 7) is 7.53. The predicted octanol–water partition coefficient (Wildman–Crippen LogP) is 3.65. The second kappa shape index (κ2) is 5.89. The Morgan fingerprint density at radius 3 is 2.32 bits per heavy atom. The number of ether oxygens (including phenoxy) is 1. The zero-order valence-corrected chi connectivity index (χ0v) is 11.9. The topological polar surface area (TPSA) is 35.2 Å². The van der Waals surface area contributed by atoms with Gasteiger partial charge in [0.05, 0.1) is 0 Å². The third kappa shape index (κ3) is 3.36. The van der Waals surface area contributed by atoms with Gasteiger partial charge in [-0.25, -0.2) is 0 Å². The van der Waals surface area contributed by atoms with Crippen LogP contribution in [-0.2, 0) is 13.2 Å². The molecular weight excluding hydrogens is 234 g/mol. The molecule has 0 atom stereocenters. The average Bonchev–Trinajstić information content (AvgIpc) is 2.37. The van der Waals surface area contributed by atoms with Gasteiger partial charge in [0.2, 0.25) is 0 Å². The molecule has 0 aromatic heterocycles. The minimum Gasteiger partial charge on any atom is -0.489 e. The summed E-state index contributed by atoms with van der Waals surface area (Å²) in [7, 11) is 0. The number of rotatable bonds is 4. The lowest BCUT2D eigenvalue weighted by atomic mass is 10.0. The number of aryl methyl sites for hydroxylation is 3. The molecule has 0 saturated carbocycles. The largest absolute Gasteiger partial charge is 0.489 e. The standard InChI is InChI=1S/C17H21NO/c1-12-7-13(2)17(14(3)8-12)11-19-16-6-4-5-15(9-16)10-18/h4-9H,10-11,18H2,1-3H3. The molecule has 0 aliphatic carbocycles. The lowest BCUT2D eigenvalue weighted by molar-refractivity contribution is 0.304. The van der Waals surface area contributed by atoms with Crippen LogP contribution in [0.5, 0.6) is 5.75 Å². The Morgan fingerprint density at radius 1 is 1.00 bits per heavy atom. The van der Waals surface area contributed by atoms with E-state index in [1.54, 1.807) is 0 Å². The van der Waals surface area contributed by atoms with E-state index in [9.17, 15) is 0 Å². The number of benzene rings is 2. The van der Waals surface area contributed by atoms with Crippen molar-refractivity contribution in [1.82, 2.24) is 0 Å². The van der Waals surface area contributed by atoms with Crippen LogP contribution in [0.1, 0.15) is 27.8 Å². The summed E-state index contributed by atoms with van der Waals surface area (Å²) in [5, 5.41) is 0. The summed E-state index contributed by atoms with van der Waals surface area (Å²) in [6, 6.07) is 12.3. The van der Waals surface area contributed by atoms with Crippen molar-refractivity contribution >= 4 is 0 Å². The first-order valence-corrected chi connectivity index (χ1v) is 6.58. The van der Waals surface area contributed by atoms with Gasteiger partial charge >= 0.3 is 0 Å². The first kappa shape index (κ1) is 13.6. The highest BCUT2D eigenvalue weighted by molar-refractivity contribution is 5.37. The third-order valence-electron chi connectivity index (χ3n) is 3.36. The third-order valence-corrected chi connectivity index (χ3v) is 3.36. The molecule has 0 fully saturated rings. The minimum atomic E-state index is 0.541. The van der Waals surface area contributed by atoms with Crippen molar-refractivity contribution in [3.05, 3.63) is 64.2 Å². The zero-order chi connectivity index (χ0) is 13.8. The number of nitrogens with two attached hydrogens (primary N) is 1. The Kier molecular flexibility index (Phi) is 4.23. The van der Waals surface area contributed by atoms with Crippen molar-refractivity contribution < 1.29 is 4.74 Å². The van der Waals surface area contributed by atoms with Gasteiger partial charge in [-0.15, -0.1) is 0 Å². The molecule has 0 spiro atoms. The summed E-state index contributed by atoms with van der Waals surface area (Å²) in [5.74, 6) is 0.877. The van der Waals surface area contributed by atoms with Gasteiger partial charge in [0.15, 0.2) is 0 Å². The number of hydrogen-bond acceptors (Lipinski definition) is 2. The van der Waals surface area contributed by atoms with E-state index in [2.05, 4.69) is 32.9 Å². The molecule has 2 heteroatoms. The molecular formula is C17H21NO. The van der Waals surface area contributed by atoms with Crippen LogP contribution in [0.15, 0.2) is 36.4 Å². The molecule has 19 heavy (non-hydrogen) atoms. The van der Waals surface area contributed by atoms with Gasteiger partial charge in [-0.2, -0.15) is 0 Å². The van der Waals surface area contributed by atoms with Crippen molar-refractivity contribution in [2.75, 3.05) is 0 Å². The van der Waals surface area contributed by atoms with E-state index < -0.39 is 0 Å². The Labute approximate surface area is 115 Å². The van der Waals surface area contributed by atoms with E-state index in [1.165, 1.54) is 22.3 Å². The van der Waals surface area contributed by atoms with E-state index in [-0.39, 0.29) is 0 Å². The van der Waals surface area contributed by atoms with Crippen LogP contribution >= 0.6 is 0 Å². The molecule has 0 saturated heterocycles. The molecule has 2 N–H and O–H groups in total. The molecule has 2 aromatic rings. The van der Waals surface area contributed by atoms with Crippen molar-refractivity contribution in [1.29, 1.82) is 0 Å². The normalized spacial score (nSPS) is 10.5. The summed E-state index contributed by atoms with van der Waals surface area (Å²) >= 11 is 0. The van der Waals surface area contributed by atoms with Gasteiger partial charge in [-0.05, 0) is 55.2 Å². The van der Waals surface area contributed by atoms with Gasteiger partial charge < -0.3 is 10.5 Å². The maximum atomic E-state index is 5.88. The second-order valence-electron chi connectivity index (χ2n) is 5.02. The van der Waals surface area contributed by atoms with Gasteiger partial charge in [0.25, 0.3) is 0 Å². The maximum Gasteiger partial charge on any atom is 0.120 e. The van der Waals surface area contributed by atoms with Crippen LogP contribution in [0.3, 0.4) is 0 Å². The van der Waals surface area contributed by atoms with Crippen molar-refractivity contribution in [2.45, 2.75) is 33.9 Å². The smallest absolute Gasteiger partial charge is 0.120 e. The van der Waals surface area contributed by atoms with E-state index >= 15 is 0 Å². The van der Waals surface area contributed by atoms with E-state index in [0.717, 1.165) is 11.3 Å². The van der Waals surface area contributed by atoms with Crippen LogP contribution in [-0.4, -0.2) is 0 Å². The predicted molar refractivity (Wildman–Crippen MR) is 79.3 cm³/mol. The molecule has 2 nitrogen and oxygen atoms in total. The van der Waals surface area contributed by atoms with Gasteiger partial charge in [-0.3, -0.25) is 0 Å². The Balaban J connectivity index is 2.14. The summed E-state index contributed by atoms with van der Waals surface area (Å²) in [6.07, 6.45) is 0. The Hall–Kier alpha value is -1.80. The minimum absolute atomic E-state index is 0.541. The average molecular weight is 255 g/mol. The van der Waals surface area contributed by atoms with Crippen molar-refractivity contribution in [2.24, 2.45) is 5.73 Å². The molecule has 0 radical (unpaired) electrons. The van der Waals surface area contributed by atoms with Crippen LogP contribution in [0.25, 0.3) is 0 Å². The number of hydrogen-bond donors (Lipinski definition) is 1. The summed E-state index contributed by atoms with van der Waals surface area (Å²) < 4.78 is 5.88. The Bertz CT molecular complexity index is 552. The van der Waals surface area contributed by atoms with E-state index in [4.69, 9.17) is 10.5 Å². The monoisotopic (exact) mass is 255 g/mol. The zero-order valence-electron chi connectivity index (χ0n) is 11.9. The molecule has 2 aromatic carbocycles. The SMILES string of the molecule is Cc1cc(C)c(COc2cccc(CN)c2)c(C)c1. The molecule has 0 unspecified atom stereocenters. The second-order valence-corrected chi connectivity index (χ2v) is 5.02. The first-order chi connectivity index (χ1) is 9.10. The fourth-order valence-electron chi connectivity index (χ4n) is 2.36. The lowest BCUT2D eigenvalue weighted by Crippen LogP contribution is -2.02. The Morgan fingerprint density at radius 2 is 1.68 bits per heavy atom. The van der Waals surface area contributed by atoms with Crippen LogP contribution in [0, 0.1) is 20.8 Å². The quantitative estimate of drug-likeness (QED) is 0.905. The molecule has 100 valence electrons. The highest BCUT2D eigenvalue weighted by Crippen LogP contribution is 2.20. The fourth-order valence-corrected chi connectivity index (χ4v) is 2.36. The van der Waals surface area contributed by atoms with Gasteiger partial charge in [0.1, 0.15) is 12.4 Å². The van der Waals surface area contributed by atoms with Crippen molar-refractivity contribution in [3.63, 3.8) is 0 Å². The summed E-state index contributed by atoms with van der Waals surface area (Å²) in [4.78, 5) is 0. The van der Waals surface area contributed by atoms with E-state index in [0.29, 0.717) is 13.2 Å². The van der Waals surface area contributed by atoms with Crippen molar-refractivity contribution in [3.8, 4) is 5.75 Å². The van der Waals surface area contributed by atoms with Gasteiger partial charge in [0, 0.05) is 6.54 Å². The molecule has 0 aliphatic heterocycles. The maximum absolute atomic E-state index is 5.88. The molecule has 0 aliphatic rings. The lowest BCUT2D eigenvalue weighted by Gasteiger charge is -2.13. The van der Waals surface area contributed by atoms with Crippen LogP contribution < -0.4 is 10.5 Å². The molecule has 0 amide bonds. The van der Waals surface area contributed by atoms with E-state index in [1.807, 2.05) is 24.3 Å². The summed E-state index contributed by atoms with van der Waals surface area (Å²) in [5.41, 5.74) is 11.9. The molecule has 2 rings (SSSR count). The molecule has 0 heterocycles. The van der Waals surface area contributed by atoms with Crippen LogP contribution in [0.2, 0.25) is 0 Å². The van der Waals surface area contributed by atoms with Crippen LogP contribution in [0.4, 0.5) is 0 Å². The molecule has 0 bridgehead atoms. The highest BCUT2D eigenvalue weighted by Gasteiger charge is 2.05.